The van der Waals surface area contributed by atoms with Crippen LogP contribution in [0.2, 0.25) is 0 Å². The summed E-state index contributed by atoms with van der Waals surface area (Å²) in [5, 5.41) is 10.9. The lowest BCUT2D eigenvalue weighted by molar-refractivity contribution is -0.873. The molecule has 0 rings (SSSR count). The highest BCUT2D eigenvalue weighted by atomic mass is 16.5. The second kappa shape index (κ2) is 19.8. The summed E-state index contributed by atoms with van der Waals surface area (Å²) in [7, 11) is 5.82. The van der Waals surface area contributed by atoms with Crippen LogP contribution in [-0.2, 0) is 14.3 Å². The van der Waals surface area contributed by atoms with Crippen molar-refractivity contribution in [3.63, 3.8) is 0 Å². The van der Waals surface area contributed by atoms with Crippen LogP contribution in [-0.4, -0.2) is 50.2 Å². The van der Waals surface area contributed by atoms with E-state index in [1.807, 2.05) is 21.1 Å². The van der Waals surface area contributed by atoms with E-state index in [4.69, 9.17) is 4.74 Å². The number of ether oxygens (including phenoxy) is 1. The number of aliphatic carboxylic acids is 1. The van der Waals surface area contributed by atoms with Gasteiger partial charge in [0, 0.05) is 18.8 Å². The average molecular weight is 450 g/mol. The van der Waals surface area contributed by atoms with E-state index in [9.17, 15) is 14.7 Å². The lowest BCUT2D eigenvalue weighted by Crippen LogP contribution is -2.45. The largest absolute Gasteiger partial charge is 0.550 e. The summed E-state index contributed by atoms with van der Waals surface area (Å²) >= 11 is 0. The molecule has 0 heterocycles. The summed E-state index contributed by atoms with van der Waals surface area (Å²) in [6.07, 6.45) is 25.0. The normalized spacial score (nSPS) is 13.4. The molecule has 0 unspecified atom stereocenters. The minimum absolute atomic E-state index is 0.251. The Hall–Kier alpha value is -1.88. The molecule has 0 N–H and O–H groups in total. The highest BCUT2D eigenvalue weighted by molar-refractivity contribution is 5.70. The van der Waals surface area contributed by atoms with E-state index >= 15 is 0 Å². The number of carboxylic acids is 1. The number of unbranched alkanes of at least 4 members (excludes halogenated alkanes) is 7. The van der Waals surface area contributed by atoms with Crippen molar-refractivity contribution in [2.45, 2.75) is 96.5 Å². The van der Waals surface area contributed by atoms with Crippen LogP contribution in [0.4, 0.5) is 0 Å². The summed E-state index contributed by atoms with van der Waals surface area (Å²) in [5.74, 6) is -1.50. The standard InChI is InChI=1S/C27H47NO4/c1-5-6-7-8-9-10-11-12-13-14-15-16-17-18-19-20-21-22-27(31)32-25(23-26(29)30)24-28(2,3)4/h9-10,12-13,15-16,25H,5-8,11,14,17-24H2,1-4H3/b10-9-,13-12-,16-15-/t25-/m1/s1. The van der Waals surface area contributed by atoms with Crippen molar-refractivity contribution < 1.29 is 23.9 Å². The molecule has 0 amide bonds. The van der Waals surface area contributed by atoms with Gasteiger partial charge < -0.3 is 19.1 Å². The summed E-state index contributed by atoms with van der Waals surface area (Å²) < 4.78 is 5.90. The fraction of sp³-hybridized carbons (Fsp3) is 0.704. The maximum atomic E-state index is 12.0. The fourth-order valence-electron chi connectivity index (χ4n) is 3.36. The number of nitrogens with zero attached hydrogens (tertiary/aromatic N) is 1. The van der Waals surface area contributed by atoms with Crippen LogP contribution in [0.5, 0.6) is 0 Å². The Bertz CT molecular complexity index is 573. The van der Waals surface area contributed by atoms with Crippen LogP contribution >= 0.6 is 0 Å². The average Bonchev–Trinajstić information content (AvgIpc) is 2.68. The summed E-state index contributed by atoms with van der Waals surface area (Å²) in [4.78, 5) is 22.9. The molecule has 0 radical (unpaired) electrons. The SMILES string of the molecule is CCCCC/C=C\C/C=C\C/C=C\CCCCCCC(=O)O[C@H](CC(=O)[O-])C[N+](C)(C)C. The second-order valence-corrected chi connectivity index (χ2v) is 9.50. The molecule has 5 nitrogen and oxygen atoms in total. The van der Waals surface area contributed by atoms with E-state index < -0.39 is 12.1 Å². The molecule has 0 spiro atoms. The zero-order chi connectivity index (χ0) is 24.1. The lowest BCUT2D eigenvalue weighted by atomic mass is 10.1. The molecule has 0 saturated carbocycles. The lowest BCUT2D eigenvalue weighted by Gasteiger charge is -2.29. The first-order valence-corrected chi connectivity index (χ1v) is 12.4. The van der Waals surface area contributed by atoms with Gasteiger partial charge in [0.25, 0.3) is 0 Å². The molecule has 0 aromatic heterocycles. The van der Waals surface area contributed by atoms with Crippen LogP contribution in [0.25, 0.3) is 0 Å². The first-order chi connectivity index (χ1) is 15.2. The Balaban J connectivity index is 3.74. The maximum absolute atomic E-state index is 12.0. The van der Waals surface area contributed by atoms with Crippen LogP contribution in [0, 0.1) is 0 Å². The van der Waals surface area contributed by atoms with Gasteiger partial charge in [-0.05, 0) is 44.9 Å². The minimum Gasteiger partial charge on any atom is -0.550 e. The van der Waals surface area contributed by atoms with Gasteiger partial charge in [-0.2, -0.15) is 0 Å². The van der Waals surface area contributed by atoms with Crippen molar-refractivity contribution in [1.29, 1.82) is 0 Å². The van der Waals surface area contributed by atoms with E-state index in [1.165, 1.54) is 25.7 Å². The minimum atomic E-state index is -1.19. The molecule has 0 aliphatic carbocycles. The number of hydrogen-bond acceptors (Lipinski definition) is 4. The maximum Gasteiger partial charge on any atom is 0.306 e. The molecule has 0 aromatic carbocycles. The number of carbonyl (C=O) groups is 2. The predicted molar refractivity (Wildman–Crippen MR) is 131 cm³/mol. The molecule has 1 atom stereocenters. The predicted octanol–water partition coefficient (Wildman–Crippen LogP) is 5.11. The smallest absolute Gasteiger partial charge is 0.306 e. The zero-order valence-corrected chi connectivity index (χ0v) is 21.0. The zero-order valence-electron chi connectivity index (χ0n) is 21.0. The Labute approximate surface area is 196 Å². The van der Waals surface area contributed by atoms with Crippen LogP contribution in [0.15, 0.2) is 36.5 Å². The van der Waals surface area contributed by atoms with E-state index in [-0.39, 0.29) is 12.4 Å². The topological polar surface area (TPSA) is 66.4 Å². The third kappa shape index (κ3) is 22.8. The first-order valence-electron chi connectivity index (χ1n) is 12.4. The Kier molecular flexibility index (Phi) is 18.6. The molecule has 5 heteroatoms. The molecule has 0 aromatic rings. The number of likely N-dealkylation sites (N-methyl/N-ethyl adjacent to an activating group) is 1. The van der Waals surface area contributed by atoms with Gasteiger partial charge in [-0.1, -0.05) is 69.1 Å². The molecule has 32 heavy (non-hydrogen) atoms. The molecule has 184 valence electrons. The number of quaternary nitrogens is 1. The molecular formula is C27H47NO4. The van der Waals surface area contributed by atoms with Crippen LogP contribution in [0.1, 0.15) is 90.4 Å². The van der Waals surface area contributed by atoms with E-state index in [1.54, 1.807) is 0 Å². The van der Waals surface area contributed by atoms with Gasteiger partial charge in [0.2, 0.25) is 0 Å². The van der Waals surface area contributed by atoms with E-state index in [0.29, 0.717) is 17.4 Å². The summed E-state index contributed by atoms with van der Waals surface area (Å²) in [5.41, 5.74) is 0. The number of hydrogen-bond donors (Lipinski definition) is 0. The third-order valence-electron chi connectivity index (χ3n) is 4.96. The first kappa shape index (κ1) is 30.1. The Morgan fingerprint density at radius 3 is 1.88 bits per heavy atom. The Morgan fingerprint density at radius 1 is 0.812 bits per heavy atom. The highest BCUT2D eigenvalue weighted by Gasteiger charge is 2.22. The number of carboxylic acid groups (broad SMARTS) is 1. The van der Waals surface area contributed by atoms with Gasteiger partial charge in [0.1, 0.15) is 6.54 Å². The summed E-state index contributed by atoms with van der Waals surface area (Å²) in [6, 6.07) is 0. The van der Waals surface area contributed by atoms with Gasteiger partial charge >= 0.3 is 5.97 Å². The van der Waals surface area contributed by atoms with E-state index in [2.05, 4.69) is 43.4 Å². The number of esters is 1. The molecule has 0 fully saturated rings. The number of carbonyl (C=O) groups excluding carboxylic acids is 2. The third-order valence-corrected chi connectivity index (χ3v) is 4.96. The van der Waals surface area contributed by atoms with Gasteiger partial charge in [-0.3, -0.25) is 4.79 Å². The van der Waals surface area contributed by atoms with Gasteiger partial charge in [0.15, 0.2) is 6.10 Å². The van der Waals surface area contributed by atoms with Crippen LogP contribution in [0.3, 0.4) is 0 Å². The number of rotatable bonds is 20. The molecule has 0 saturated heterocycles. The number of allylic oxidation sites excluding steroid dienone is 6. The fourth-order valence-corrected chi connectivity index (χ4v) is 3.36. The monoisotopic (exact) mass is 449 g/mol. The van der Waals surface area contributed by atoms with Crippen LogP contribution < -0.4 is 5.11 Å². The van der Waals surface area contributed by atoms with Crippen molar-refractivity contribution in [1.82, 2.24) is 0 Å². The van der Waals surface area contributed by atoms with Gasteiger partial charge in [-0.15, -0.1) is 0 Å². The van der Waals surface area contributed by atoms with Crippen molar-refractivity contribution in [2.75, 3.05) is 27.7 Å². The van der Waals surface area contributed by atoms with Gasteiger partial charge in [0.05, 0.1) is 21.1 Å². The Morgan fingerprint density at radius 2 is 1.34 bits per heavy atom. The molecule has 0 bridgehead atoms. The van der Waals surface area contributed by atoms with Crippen molar-refractivity contribution in [2.24, 2.45) is 0 Å². The quantitative estimate of drug-likeness (QED) is 0.112. The molecule has 0 aliphatic rings. The van der Waals surface area contributed by atoms with Crippen molar-refractivity contribution in [3.05, 3.63) is 36.5 Å². The summed E-state index contributed by atoms with van der Waals surface area (Å²) in [6.45, 7) is 2.69. The van der Waals surface area contributed by atoms with Gasteiger partial charge in [-0.25, -0.2) is 0 Å². The molecule has 0 aliphatic heterocycles. The second-order valence-electron chi connectivity index (χ2n) is 9.50. The van der Waals surface area contributed by atoms with Crippen molar-refractivity contribution in [3.8, 4) is 0 Å². The van der Waals surface area contributed by atoms with E-state index in [0.717, 1.165) is 44.9 Å². The highest BCUT2D eigenvalue weighted by Crippen LogP contribution is 2.10. The van der Waals surface area contributed by atoms with Crippen molar-refractivity contribution >= 4 is 11.9 Å². The molecular weight excluding hydrogens is 402 g/mol.